The normalized spacial score (nSPS) is 19.6. The first kappa shape index (κ1) is 25.0. The fourth-order valence-electron chi connectivity index (χ4n) is 3.31. The number of methoxy groups -OCH3 is 2. The van der Waals surface area contributed by atoms with Crippen molar-refractivity contribution in [3.63, 3.8) is 0 Å². The third-order valence-electron chi connectivity index (χ3n) is 5.01. The zero-order valence-electron chi connectivity index (χ0n) is 17.3. The molecule has 0 aromatic heterocycles. The number of carbonyl (C=O) groups is 2. The fourth-order valence-corrected chi connectivity index (χ4v) is 4.20. The molecular weight excluding hydrogens is 384 g/mol. The first-order valence-corrected chi connectivity index (χ1v) is 11.5. The van der Waals surface area contributed by atoms with Crippen LogP contribution in [0.4, 0.5) is 0 Å². The van der Waals surface area contributed by atoms with E-state index < -0.39 is 11.4 Å². The summed E-state index contributed by atoms with van der Waals surface area (Å²) < 4.78 is 31.7. The van der Waals surface area contributed by atoms with Gasteiger partial charge in [0, 0.05) is 12.8 Å². The van der Waals surface area contributed by atoms with Gasteiger partial charge in [0.15, 0.2) is 0 Å². The summed E-state index contributed by atoms with van der Waals surface area (Å²) in [4.78, 5) is 22.1. The average Bonchev–Trinajstić information content (AvgIpc) is 3.05. The third-order valence-corrected chi connectivity index (χ3v) is 5.82. The highest BCUT2D eigenvalue weighted by molar-refractivity contribution is 7.75. The van der Waals surface area contributed by atoms with Gasteiger partial charge in [-0.05, 0) is 25.7 Å². The number of hydrogen-bond acceptors (Lipinski definition) is 7. The van der Waals surface area contributed by atoms with E-state index in [1.165, 1.54) is 14.2 Å². The summed E-state index contributed by atoms with van der Waals surface area (Å²) in [5.41, 5.74) is 0. The summed E-state index contributed by atoms with van der Waals surface area (Å²) in [6, 6.07) is 0. The predicted molar refractivity (Wildman–Crippen MR) is 107 cm³/mol. The topological polar surface area (TPSA) is 88.1 Å². The second-order valence-corrected chi connectivity index (χ2v) is 8.03. The zero-order valence-corrected chi connectivity index (χ0v) is 18.1. The molecule has 1 rings (SSSR count). The molecule has 0 spiro atoms. The molecule has 0 aromatic rings. The van der Waals surface area contributed by atoms with Crippen molar-refractivity contribution in [1.29, 1.82) is 0 Å². The quantitative estimate of drug-likeness (QED) is 0.274. The first-order valence-electron chi connectivity index (χ1n) is 10.5. The Balaban J connectivity index is 2.05. The molecule has 1 fully saturated rings. The van der Waals surface area contributed by atoms with Crippen molar-refractivity contribution in [3.8, 4) is 0 Å². The molecule has 0 aromatic carbocycles. The van der Waals surface area contributed by atoms with E-state index in [2.05, 4.69) is 9.47 Å². The van der Waals surface area contributed by atoms with Gasteiger partial charge in [0.2, 0.25) is 0 Å². The SMILES string of the molecule is COC(=O)CCCCCCC[C@H]1OS(=O)O[C@@H]1CCCCCCCC(=O)OC. The highest BCUT2D eigenvalue weighted by atomic mass is 32.2. The van der Waals surface area contributed by atoms with Crippen LogP contribution in [-0.4, -0.2) is 42.6 Å². The van der Waals surface area contributed by atoms with Crippen LogP contribution in [0.25, 0.3) is 0 Å². The van der Waals surface area contributed by atoms with Gasteiger partial charge in [0.1, 0.15) is 12.2 Å². The predicted octanol–water partition coefficient (Wildman–Crippen LogP) is 4.16. The second kappa shape index (κ2) is 15.9. The smallest absolute Gasteiger partial charge is 0.305 e. The van der Waals surface area contributed by atoms with Crippen LogP contribution in [0.1, 0.15) is 89.9 Å². The van der Waals surface area contributed by atoms with E-state index in [9.17, 15) is 13.8 Å². The molecule has 0 unspecified atom stereocenters. The van der Waals surface area contributed by atoms with E-state index in [4.69, 9.17) is 8.37 Å². The third kappa shape index (κ3) is 11.8. The molecule has 1 saturated heterocycles. The highest BCUT2D eigenvalue weighted by Gasteiger charge is 2.34. The van der Waals surface area contributed by atoms with E-state index in [1.807, 2.05) is 0 Å². The van der Waals surface area contributed by atoms with E-state index in [0.29, 0.717) is 12.8 Å². The minimum absolute atomic E-state index is 0.0878. The number of ether oxygens (including phenoxy) is 2. The maximum Gasteiger partial charge on any atom is 0.305 e. The molecule has 164 valence electrons. The summed E-state index contributed by atoms with van der Waals surface area (Å²) in [6.07, 6.45) is 12.6. The van der Waals surface area contributed by atoms with Gasteiger partial charge in [0.05, 0.1) is 14.2 Å². The van der Waals surface area contributed by atoms with Crippen LogP contribution in [0.15, 0.2) is 0 Å². The summed E-state index contributed by atoms with van der Waals surface area (Å²) in [5, 5.41) is 0. The molecule has 28 heavy (non-hydrogen) atoms. The summed E-state index contributed by atoms with van der Waals surface area (Å²) in [5.74, 6) is -0.296. The molecule has 0 N–H and O–H groups in total. The molecule has 0 radical (unpaired) electrons. The molecule has 1 aliphatic heterocycles. The van der Waals surface area contributed by atoms with Crippen molar-refractivity contribution < 1.29 is 31.6 Å². The number of unbranched alkanes of at least 4 members (excludes halogenated alkanes) is 8. The van der Waals surface area contributed by atoms with Gasteiger partial charge in [-0.1, -0.05) is 51.4 Å². The van der Waals surface area contributed by atoms with Crippen molar-refractivity contribution in [2.75, 3.05) is 14.2 Å². The van der Waals surface area contributed by atoms with Gasteiger partial charge < -0.3 is 9.47 Å². The lowest BCUT2D eigenvalue weighted by Crippen LogP contribution is -2.22. The Kier molecular flexibility index (Phi) is 14.2. The number of esters is 2. The van der Waals surface area contributed by atoms with E-state index in [1.54, 1.807) is 0 Å². The Hall–Kier alpha value is -0.990. The molecular formula is C20H36O7S. The van der Waals surface area contributed by atoms with Crippen molar-refractivity contribution in [2.45, 2.75) is 102 Å². The maximum absolute atomic E-state index is 11.6. The van der Waals surface area contributed by atoms with Crippen LogP contribution in [0.2, 0.25) is 0 Å². The standard InChI is InChI=1S/C20H36O7S/c1-24-19(21)15-11-7-3-5-9-13-17-18(27-28(23)26-17)14-10-6-4-8-12-16-20(22)25-2/h17-18H,3-16H2,1-2H3/t17-,18-/m1/s1. The molecule has 0 saturated carbocycles. The number of carbonyl (C=O) groups excluding carboxylic acids is 2. The Morgan fingerprint density at radius 2 is 1.04 bits per heavy atom. The number of rotatable bonds is 16. The van der Waals surface area contributed by atoms with Gasteiger partial charge in [-0.25, -0.2) is 0 Å². The molecule has 0 amide bonds. The van der Waals surface area contributed by atoms with Crippen LogP contribution in [-0.2, 0) is 38.8 Å². The lowest BCUT2D eigenvalue weighted by atomic mass is 9.99. The van der Waals surface area contributed by atoms with Gasteiger partial charge in [0.25, 0.3) is 0 Å². The van der Waals surface area contributed by atoms with Crippen LogP contribution in [0.3, 0.4) is 0 Å². The van der Waals surface area contributed by atoms with Gasteiger partial charge in [-0.3, -0.25) is 18.0 Å². The molecule has 1 heterocycles. The highest BCUT2D eigenvalue weighted by Crippen LogP contribution is 2.26. The summed E-state index contributed by atoms with van der Waals surface area (Å²) in [7, 11) is 2.83. The lowest BCUT2D eigenvalue weighted by molar-refractivity contribution is -0.141. The monoisotopic (exact) mass is 420 g/mol. The van der Waals surface area contributed by atoms with Crippen molar-refractivity contribution in [3.05, 3.63) is 0 Å². The second-order valence-electron chi connectivity index (χ2n) is 7.24. The molecule has 7 nitrogen and oxygen atoms in total. The zero-order chi connectivity index (χ0) is 20.6. The minimum atomic E-state index is -1.62. The van der Waals surface area contributed by atoms with Crippen LogP contribution < -0.4 is 0 Å². The molecule has 0 aliphatic carbocycles. The molecule has 8 heteroatoms. The Morgan fingerprint density at radius 1 is 0.679 bits per heavy atom. The summed E-state index contributed by atoms with van der Waals surface area (Å²) >= 11 is -1.62. The van der Waals surface area contributed by atoms with Crippen LogP contribution in [0.5, 0.6) is 0 Å². The molecule has 0 bridgehead atoms. The van der Waals surface area contributed by atoms with Crippen molar-refractivity contribution in [2.24, 2.45) is 0 Å². The van der Waals surface area contributed by atoms with E-state index in [-0.39, 0.29) is 24.1 Å². The Morgan fingerprint density at radius 3 is 1.43 bits per heavy atom. The number of hydrogen-bond donors (Lipinski definition) is 0. The first-order chi connectivity index (χ1) is 13.6. The van der Waals surface area contributed by atoms with Gasteiger partial charge in [-0.15, -0.1) is 0 Å². The Labute approximate surface area is 171 Å². The maximum atomic E-state index is 11.6. The minimum Gasteiger partial charge on any atom is -0.469 e. The molecule has 2 atom stereocenters. The van der Waals surface area contributed by atoms with Crippen LogP contribution in [0, 0.1) is 0 Å². The van der Waals surface area contributed by atoms with Crippen LogP contribution >= 0.6 is 0 Å². The fraction of sp³-hybridized carbons (Fsp3) is 0.900. The van der Waals surface area contributed by atoms with Gasteiger partial charge >= 0.3 is 23.3 Å². The largest absolute Gasteiger partial charge is 0.469 e. The Bertz CT molecular complexity index is 429. The summed E-state index contributed by atoms with van der Waals surface area (Å²) in [6.45, 7) is 0. The van der Waals surface area contributed by atoms with E-state index in [0.717, 1.165) is 77.0 Å². The average molecular weight is 421 g/mol. The van der Waals surface area contributed by atoms with E-state index >= 15 is 0 Å². The van der Waals surface area contributed by atoms with Crippen molar-refractivity contribution in [1.82, 2.24) is 0 Å². The van der Waals surface area contributed by atoms with Gasteiger partial charge in [-0.2, -0.15) is 4.21 Å². The molecule has 1 aliphatic rings. The lowest BCUT2D eigenvalue weighted by Gasteiger charge is -2.14. The van der Waals surface area contributed by atoms with Crippen molar-refractivity contribution >= 4 is 23.3 Å².